The summed E-state index contributed by atoms with van der Waals surface area (Å²) in [5.74, 6) is 0.365. The van der Waals surface area contributed by atoms with Gasteiger partial charge in [-0.2, -0.15) is 5.10 Å². The molecule has 0 bridgehead atoms. The van der Waals surface area contributed by atoms with Crippen LogP contribution < -0.4 is 5.32 Å². The number of rotatable bonds is 2. The summed E-state index contributed by atoms with van der Waals surface area (Å²) in [6.07, 6.45) is 3.17. The van der Waals surface area contributed by atoms with Crippen LogP contribution >= 0.6 is 0 Å². The first-order valence-electron chi connectivity index (χ1n) is 5.00. The highest BCUT2D eigenvalue weighted by Gasteiger charge is 2.06. The van der Waals surface area contributed by atoms with Gasteiger partial charge >= 0.3 is 0 Å². The second-order valence-electron chi connectivity index (χ2n) is 3.46. The molecule has 3 aromatic rings. The van der Waals surface area contributed by atoms with Gasteiger partial charge in [-0.1, -0.05) is 0 Å². The molecule has 0 radical (unpaired) electrons. The summed E-state index contributed by atoms with van der Waals surface area (Å²) in [7, 11) is 0. The third-order valence-electron chi connectivity index (χ3n) is 2.30. The molecule has 0 atom stereocenters. The largest absolute Gasteiger partial charge is 0.339 e. The van der Waals surface area contributed by atoms with Crippen molar-refractivity contribution in [2.45, 2.75) is 0 Å². The minimum Gasteiger partial charge on any atom is -0.339 e. The molecule has 0 aliphatic heterocycles. The zero-order valence-corrected chi connectivity index (χ0v) is 8.68. The number of hydrogen-bond donors (Lipinski definition) is 2. The third-order valence-corrected chi connectivity index (χ3v) is 2.30. The number of aromatic amines is 1. The van der Waals surface area contributed by atoms with Gasteiger partial charge in [0, 0.05) is 18.1 Å². The van der Waals surface area contributed by atoms with Gasteiger partial charge in [-0.3, -0.25) is 5.10 Å². The molecule has 5 nitrogen and oxygen atoms in total. The Morgan fingerprint density at radius 1 is 1.06 bits per heavy atom. The number of nitrogens with one attached hydrogen (secondary N) is 2. The fourth-order valence-corrected chi connectivity index (χ4v) is 1.52. The highest BCUT2D eigenvalue weighted by molar-refractivity contribution is 5.84. The maximum atomic E-state index is 12.7. The Kier molecular flexibility index (Phi) is 2.18. The van der Waals surface area contributed by atoms with Crippen molar-refractivity contribution in [2.24, 2.45) is 0 Å². The molecule has 0 saturated carbocycles. The molecule has 84 valence electrons. The number of halogens is 1. The predicted molar refractivity (Wildman–Crippen MR) is 61.4 cm³/mol. The summed E-state index contributed by atoms with van der Waals surface area (Å²) in [4.78, 5) is 8.21. The van der Waals surface area contributed by atoms with E-state index in [2.05, 4.69) is 25.5 Å². The van der Waals surface area contributed by atoms with E-state index in [1.807, 2.05) is 0 Å². The molecule has 0 fully saturated rings. The van der Waals surface area contributed by atoms with E-state index in [0.717, 1.165) is 5.69 Å². The second-order valence-corrected chi connectivity index (χ2v) is 3.46. The zero-order chi connectivity index (χ0) is 11.7. The van der Waals surface area contributed by atoms with Crippen LogP contribution in [0.3, 0.4) is 0 Å². The van der Waals surface area contributed by atoms with E-state index in [-0.39, 0.29) is 5.82 Å². The van der Waals surface area contributed by atoms with Gasteiger partial charge in [0.1, 0.15) is 5.82 Å². The van der Waals surface area contributed by atoms with Crippen molar-refractivity contribution in [2.75, 3.05) is 5.32 Å². The van der Waals surface area contributed by atoms with Crippen molar-refractivity contribution in [3.63, 3.8) is 0 Å². The molecule has 0 saturated heterocycles. The summed E-state index contributed by atoms with van der Waals surface area (Å²) in [5, 5.41) is 9.86. The van der Waals surface area contributed by atoms with E-state index in [4.69, 9.17) is 0 Å². The van der Waals surface area contributed by atoms with Crippen LogP contribution in [0.5, 0.6) is 0 Å². The lowest BCUT2D eigenvalue weighted by Gasteiger charge is -2.02. The highest BCUT2D eigenvalue weighted by Crippen LogP contribution is 2.20. The van der Waals surface area contributed by atoms with Crippen molar-refractivity contribution in [3.05, 3.63) is 42.5 Å². The second kappa shape index (κ2) is 3.82. The van der Waals surface area contributed by atoms with Gasteiger partial charge in [-0.05, 0) is 24.3 Å². The molecule has 2 heterocycles. The van der Waals surface area contributed by atoms with E-state index in [0.29, 0.717) is 17.0 Å². The fraction of sp³-hybridized carbons (Fsp3) is 0. The minimum absolute atomic E-state index is 0.273. The maximum absolute atomic E-state index is 12.7. The van der Waals surface area contributed by atoms with Crippen LogP contribution in [0.2, 0.25) is 0 Å². The van der Waals surface area contributed by atoms with Gasteiger partial charge in [0.25, 0.3) is 0 Å². The zero-order valence-electron chi connectivity index (χ0n) is 8.68. The van der Waals surface area contributed by atoms with Crippen LogP contribution in [0, 0.1) is 5.82 Å². The van der Waals surface area contributed by atoms with Crippen molar-refractivity contribution in [3.8, 4) is 0 Å². The van der Waals surface area contributed by atoms with Crippen molar-refractivity contribution < 1.29 is 4.39 Å². The molecule has 2 N–H and O–H groups in total. The number of hydrogen-bond acceptors (Lipinski definition) is 4. The van der Waals surface area contributed by atoms with Crippen LogP contribution in [0.25, 0.3) is 11.2 Å². The van der Waals surface area contributed by atoms with E-state index in [1.165, 1.54) is 12.1 Å². The Morgan fingerprint density at radius 3 is 2.65 bits per heavy atom. The Morgan fingerprint density at radius 2 is 1.82 bits per heavy atom. The van der Waals surface area contributed by atoms with Crippen LogP contribution in [0.4, 0.5) is 15.9 Å². The Hall–Kier alpha value is -2.50. The molecular weight excluding hydrogens is 221 g/mol. The maximum Gasteiger partial charge on any atom is 0.201 e. The first-order chi connectivity index (χ1) is 8.33. The predicted octanol–water partition coefficient (Wildman–Crippen LogP) is 2.24. The monoisotopic (exact) mass is 229 g/mol. The number of aromatic nitrogens is 4. The lowest BCUT2D eigenvalue weighted by molar-refractivity contribution is 0.628. The van der Waals surface area contributed by atoms with Gasteiger partial charge in [0.05, 0.1) is 0 Å². The first kappa shape index (κ1) is 9.71. The van der Waals surface area contributed by atoms with Crippen molar-refractivity contribution >= 4 is 22.7 Å². The topological polar surface area (TPSA) is 66.5 Å². The van der Waals surface area contributed by atoms with Crippen LogP contribution in [-0.2, 0) is 0 Å². The van der Waals surface area contributed by atoms with E-state index >= 15 is 0 Å². The van der Waals surface area contributed by atoms with Crippen LogP contribution in [0.1, 0.15) is 0 Å². The number of nitrogens with zero attached hydrogens (tertiary/aromatic N) is 3. The molecular formula is C11H8FN5. The molecule has 0 aliphatic carbocycles. The molecule has 17 heavy (non-hydrogen) atoms. The number of benzene rings is 1. The van der Waals surface area contributed by atoms with E-state index in [1.54, 1.807) is 24.5 Å². The number of anilines is 2. The van der Waals surface area contributed by atoms with Gasteiger partial charge in [0.15, 0.2) is 11.3 Å². The molecule has 6 heteroatoms. The van der Waals surface area contributed by atoms with Crippen LogP contribution in [0.15, 0.2) is 36.7 Å². The third kappa shape index (κ3) is 1.80. The summed E-state index contributed by atoms with van der Waals surface area (Å²) in [6, 6.07) is 6.04. The summed E-state index contributed by atoms with van der Waals surface area (Å²) >= 11 is 0. The van der Waals surface area contributed by atoms with E-state index in [9.17, 15) is 4.39 Å². The van der Waals surface area contributed by atoms with Crippen molar-refractivity contribution in [1.82, 2.24) is 20.2 Å². The normalized spacial score (nSPS) is 10.6. The molecule has 0 aliphatic rings. The Labute approximate surface area is 95.7 Å². The van der Waals surface area contributed by atoms with Crippen molar-refractivity contribution in [1.29, 1.82) is 0 Å². The number of H-pyrrole nitrogens is 1. The summed E-state index contributed by atoms with van der Waals surface area (Å²) < 4.78 is 12.7. The first-order valence-corrected chi connectivity index (χ1v) is 5.00. The Bertz CT molecular complexity index is 646. The summed E-state index contributed by atoms with van der Waals surface area (Å²) in [6.45, 7) is 0. The lowest BCUT2D eigenvalue weighted by atomic mass is 10.3. The van der Waals surface area contributed by atoms with Crippen LogP contribution in [-0.4, -0.2) is 20.2 Å². The molecule has 0 amide bonds. The fourth-order valence-electron chi connectivity index (χ4n) is 1.52. The average Bonchev–Trinajstić information content (AvgIpc) is 2.76. The molecule has 1 aromatic carbocycles. The lowest BCUT2D eigenvalue weighted by Crippen LogP contribution is -1.92. The standard InChI is InChI=1S/C11H8FN5/c12-7-1-3-8(4-2-7)15-11-9-10(16-17-11)14-6-5-13-9/h1-6H,(H2,14,15,16,17). The smallest absolute Gasteiger partial charge is 0.201 e. The van der Waals surface area contributed by atoms with Gasteiger partial charge in [-0.25, -0.2) is 14.4 Å². The molecule has 0 unspecified atom stereocenters. The van der Waals surface area contributed by atoms with E-state index < -0.39 is 0 Å². The quantitative estimate of drug-likeness (QED) is 0.707. The summed E-state index contributed by atoms with van der Waals surface area (Å²) in [5.41, 5.74) is 1.94. The van der Waals surface area contributed by atoms with Gasteiger partial charge in [-0.15, -0.1) is 0 Å². The average molecular weight is 229 g/mol. The SMILES string of the molecule is Fc1ccc(Nc2[nH]nc3nccnc23)cc1. The Balaban J connectivity index is 1.97. The highest BCUT2D eigenvalue weighted by atomic mass is 19.1. The molecule has 3 rings (SSSR count). The minimum atomic E-state index is -0.273. The molecule has 2 aromatic heterocycles. The van der Waals surface area contributed by atoms with Gasteiger partial charge < -0.3 is 5.32 Å². The molecule has 0 spiro atoms. The number of fused-ring (bicyclic) bond motifs is 1. The van der Waals surface area contributed by atoms with Gasteiger partial charge in [0.2, 0.25) is 5.65 Å².